The van der Waals surface area contributed by atoms with Gasteiger partial charge in [-0.1, -0.05) is 19.3 Å². The molecule has 3 rings (SSSR count). The predicted octanol–water partition coefficient (Wildman–Crippen LogP) is 0.881. The molecule has 1 aliphatic heterocycles. The van der Waals surface area contributed by atoms with Gasteiger partial charge in [-0.15, -0.1) is 0 Å². The van der Waals surface area contributed by atoms with Crippen LogP contribution in [-0.2, 0) is 14.8 Å². The van der Waals surface area contributed by atoms with Gasteiger partial charge in [-0.05, 0) is 12.8 Å². The monoisotopic (exact) mass is 314 g/mol. The van der Waals surface area contributed by atoms with Gasteiger partial charge in [0.2, 0.25) is 10.0 Å². The molecule has 0 aromatic carbocycles. The van der Waals surface area contributed by atoms with E-state index in [1.165, 1.54) is 0 Å². The molecule has 2 atom stereocenters. The number of ether oxygens (including phenoxy) is 1. The second-order valence-corrected chi connectivity index (χ2v) is 8.11. The number of aromatic amines is 1. The zero-order valence-electron chi connectivity index (χ0n) is 12.2. The summed E-state index contributed by atoms with van der Waals surface area (Å²) in [6, 6.07) is 0. The molecule has 1 N–H and O–H groups in total. The number of sulfonamides is 1. The summed E-state index contributed by atoms with van der Waals surface area (Å²) >= 11 is 0. The Balaban J connectivity index is 1.77. The van der Waals surface area contributed by atoms with Crippen LogP contribution in [0.3, 0.4) is 0 Å². The van der Waals surface area contributed by atoms with E-state index >= 15 is 0 Å². The van der Waals surface area contributed by atoms with Crippen molar-refractivity contribution in [2.45, 2.75) is 49.4 Å². The minimum absolute atomic E-state index is 0.0490. The minimum atomic E-state index is -3.23. The Morgan fingerprint density at radius 3 is 2.67 bits per heavy atom. The summed E-state index contributed by atoms with van der Waals surface area (Å²) in [7, 11) is -1.61. The predicted molar refractivity (Wildman–Crippen MR) is 77.3 cm³/mol. The second kappa shape index (κ2) is 6.02. The fourth-order valence-electron chi connectivity index (χ4n) is 3.43. The second-order valence-electron chi connectivity index (χ2n) is 5.90. The molecule has 0 radical (unpaired) electrons. The lowest BCUT2D eigenvalue weighted by molar-refractivity contribution is 0.101. The highest BCUT2D eigenvalue weighted by Gasteiger charge is 2.43. The van der Waals surface area contributed by atoms with Crippen LogP contribution in [0.25, 0.3) is 0 Å². The van der Waals surface area contributed by atoms with E-state index in [0.29, 0.717) is 13.1 Å². The fraction of sp³-hybridized carbons (Fsp3) is 0.846. The van der Waals surface area contributed by atoms with Gasteiger partial charge in [0.25, 0.3) is 0 Å². The summed E-state index contributed by atoms with van der Waals surface area (Å²) in [4.78, 5) is 0. The number of rotatable bonds is 4. The van der Waals surface area contributed by atoms with Crippen LogP contribution in [0.5, 0.6) is 0 Å². The standard InChI is InChI=1S/C13H22N4O3S/c1-20-13-9-17(8-11(13)12-7-14-16-15-12)21(18,19)10-5-3-2-4-6-10/h7,10-11,13H,2-6,8-9H2,1H3,(H,14,15,16)/t11-,13+/m0/s1. The van der Waals surface area contributed by atoms with Crippen molar-refractivity contribution in [3.63, 3.8) is 0 Å². The third-order valence-corrected chi connectivity index (χ3v) is 7.01. The van der Waals surface area contributed by atoms with E-state index in [1.807, 2.05) is 0 Å². The molecule has 0 spiro atoms. The maximum absolute atomic E-state index is 12.8. The average Bonchev–Trinajstić information content (AvgIpc) is 3.17. The van der Waals surface area contributed by atoms with E-state index in [2.05, 4.69) is 15.4 Å². The molecule has 7 nitrogen and oxygen atoms in total. The molecular formula is C13H22N4O3S. The summed E-state index contributed by atoms with van der Waals surface area (Å²) in [5.41, 5.74) is 0.767. The Morgan fingerprint density at radius 1 is 1.29 bits per heavy atom. The van der Waals surface area contributed by atoms with Gasteiger partial charge in [0.15, 0.2) is 0 Å². The molecular weight excluding hydrogens is 292 g/mol. The van der Waals surface area contributed by atoms with Crippen LogP contribution in [0.15, 0.2) is 6.20 Å². The molecule has 118 valence electrons. The van der Waals surface area contributed by atoms with Crippen molar-refractivity contribution in [2.75, 3.05) is 20.2 Å². The molecule has 0 unspecified atom stereocenters. The van der Waals surface area contributed by atoms with Gasteiger partial charge in [-0.3, -0.25) is 0 Å². The van der Waals surface area contributed by atoms with Gasteiger partial charge in [-0.25, -0.2) is 8.42 Å². The molecule has 1 aliphatic carbocycles. The van der Waals surface area contributed by atoms with Crippen molar-refractivity contribution in [3.05, 3.63) is 11.9 Å². The number of hydrogen-bond acceptors (Lipinski definition) is 5. The number of nitrogens with zero attached hydrogens (tertiary/aromatic N) is 3. The molecule has 2 aliphatic rings. The van der Waals surface area contributed by atoms with Crippen LogP contribution in [0.4, 0.5) is 0 Å². The number of nitrogens with one attached hydrogen (secondary N) is 1. The fourth-order valence-corrected chi connectivity index (χ4v) is 5.51. The zero-order valence-corrected chi connectivity index (χ0v) is 13.1. The Labute approximate surface area is 125 Å². The number of H-pyrrole nitrogens is 1. The first-order valence-electron chi connectivity index (χ1n) is 7.50. The van der Waals surface area contributed by atoms with Crippen molar-refractivity contribution in [2.24, 2.45) is 0 Å². The largest absolute Gasteiger partial charge is 0.379 e. The Morgan fingerprint density at radius 2 is 2.05 bits per heavy atom. The van der Waals surface area contributed by atoms with Crippen LogP contribution in [0, 0.1) is 0 Å². The van der Waals surface area contributed by atoms with Gasteiger partial charge in [0.1, 0.15) is 0 Å². The highest BCUT2D eigenvalue weighted by atomic mass is 32.2. The first-order valence-corrected chi connectivity index (χ1v) is 9.00. The van der Waals surface area contributed by atoms with Crippen LogP contribution >= 0.6 is 0 Å². The van der Waals surface area contributed by atoms with E-state index in [1.54, 1.807) is 17.6 Å². The molecule has 1 saturated carbocycles. The molecule has 0 amide bonds. The van der Waals surface area contributed by atoms with E-state index in [0.717, 1.165) is 37.8 Å². The normalized spacial score (nSPS) is 29.0. The topological polar surface area (TPSA) is 88.2 Å². The summed E-state index contributed by atoms with van der Waals surface area (Å²) < 4.78 is 32.6. The van der Waals surface area contributed by atoms with Crippen LogP contribution in [-0.4, -0.2) is 59.7 Å². The van der Waals surface area contributed by atoms with Crippen LogP contribution in [0.1, 0.15) is 43.7 Å². The molecule has 1 aromatic heterocycles. The lowest BCUT2D eigenvalue weighted by Crippen LogP contribution is -2.39. The summed E-state index contributed by atoms with van der Waals surface area (Å²) in [5, 5.41) is 10.3. The Kier molecular flexibility index (Phi) is 4.28. The maximum atomic E-state index is 12.8. The van der Waals surface area contributed by atoms with Crippen LogP contribution in [0.2, 0.25) is 0 Å². The van der Waals surface area contributed by atoms with Crippen molar-refractivity contribution >= 4 is 10.0 Å². The van der Waals surface area contributed by atoms with Crippen molar-refractivity contribution in [1.82, 2.24) is 19.7 Å². The molecule has 1 saturated heterocycles. The smallest absolute Gasteiger partial charge is 0.217 e. The maximum Gasteiger partial charge on any atom is 0.217 e. The third kappa shape index (κ3) is 2.84. The quantitative estimate of drug-likeness (QED) is 0.891. The third-order valence-electron chi connectivity index (χ3n) is 4.68. The van der Waals surface area contributed by atoms with Gasteiger partial charge in [0.05, 0.1) is 23.2 Å². The zero-order chi connectivity index (χ0) is 14.9. The van der Waals surface area contributed by atoms with E-state index < -0.39 is 10.0 Å². The van der Waals surface area contributed by atoms with Crippen LogP contribution < -0.4 is 0 Å². The summed E-state index contributed by atoms with van der Waals surface area (Å²) in [5.74, 6) is -0.0490. The lowest BCUT2D eigenvalue weighted by Gasteiger charge is -2.26. The van der Waals surface area contributed by atoms with E-state index in [4.69, 9.17) is 4.74 Å². The van der Waals surface area contributed by atoms with E-state index in [9.17, 15) is 8.42 Å². The summed E-state index contributed by atoms with van der Waals surface area (Å²) in [6.45, 7) is 0.844. The number of aromatic nitrogens is 3. The van der Waals surface area contributed by atoms with Gasteiger partial charge >= 0.3 is 0 Å². The molecule has 2 fully saturated rings. The van der Waals surface area contributed by atoms with Gasteiger partial charge in [-0.2, -0.15) is 19.7 Å². The molecule has 8 heteroatoms. The Hall–Kier alpha value is -0.990. The highest BCUT2D eigenvalue weighted by molar-refractivity contribution is 7.89. The average molecular weight is 314 g/mol. The SMILES string of the molecule is CO[C@@H]1CN(S(=O)(=O)C2CCCCC2)C[C@H]1c1cn[nH]n1. The first kappa shape index (κ1) is 14.9. The molecule has 0 bridgehead atoms. The van der Waals surface area contributed by atoms with Crippen molar-refractivity contribution in [3.8, 4) is 0 Å². The molecule has 1 aromatic rings. The first-order chi connectivity index (χ1) is 10.1. The number of methoxy groups -OCH3 is 1. The van der Waals surface area contributed by atoms with Crippen molar-refractivity contribution < 1.29 is 13.2 Å². The van der Waals surface area contributed by atoms with E-state index in [-0.39, 0.29) is 17.3 Å². The van der Waals surface area contributed by atoms with Gasteiger partial charge in [0, 0.05) is 26.1 Å². The Bertz CT molecular complexity index is 554. The molecule has 2 heterocycles. The highest BCUT2D eigenvalue weighted by Crippen LogP contribution is 2.33. The minimum Gasteiger partial charge on any atom is -0.379 e. The van der Waals surface area contributed by atoms with Crippen molar-refractivity contribution in [1.29, 1.82) is 0 Å². The van der Waals surface area contributed by atoms with Gasteiger partial charge < -0.3 is 4.74 Å². The number of hydrogen-bond donors (Lipinski definition) is 1. The molecule has 21 heavy (non-hydrogen) atoms. The summed E-state index contributed by atoms with van der Waals surface area (Å²) in [6.07, 6.45) is 6.22. The lowest BCUT2D eigenvalue weighted by atomic mass is 10.0.